The van der Waals surface area contributed by atoms with Gasteiger partial charge in [0.25, 0.3) is 5.91 Å². The average Bonchev–Trinajstić information content (AvgIpc) is 3.03. The summed E-state index contributed by atoms with van der Waals surface area (Å²) in [5.74, 6) is -1.01. The highest BCUT2D eigenvalue weighted by atomic mass is 19.1. The SMILES string of the molecule is CC(C)C(NC(=O)c1ccc(F)cc1)C(=O)NCC1CCCN1. The van der Waals surface area contributed by atoms with Crippen molar-refractivity contribution in [3.63, 3.8) is 0 Å². The van der Waals surface area contributed by atoms with Crippen LogP contribution >= 0.6 is 0 Å². The van der Waals surface area contributed by atoms with E-state index in [2.05, 4.69) is 16.0 Å². The molecule has 0 bridgehead atoms. The van der Waals surface area contributed by atoms with E-state index >= 15 is 0 Å². The first-order valence-corrected chi connectivity index (χ1v) is 8.05. The standard InChI is InChI=1S/C17H24FN3O2/c1-11(2)15(17(23)20-10-14-4-3-9-19-14)21-16(22)12-5-7-13(18)8-6-12/h5-8,11,14-15,19H,3-4,9-10H2,1-2H3,(H,20,23)(H,21,22). The van der Waals surface area contributed by atoms with Crippen LogP contribution < -0.4 is 16.0 Å². The molecule has 3 N–H and O–H groups in total. The van der Waals surface area contributed by atoms with E-state index < -0.39 is 11.9 Å². The number of carbonyl (C=O) groups is 2. The Balaban J connectivity index is 1.92. The molecule has 1 aliphatic rings. The van der Waals surface area contributed by atoms with E-state index in [0.717, 1.165) is 19.4 Å². The summed E-state index contributed by atoms with van der Waals surface area (Å²) in [4.78, 5) is 24.6. The van der Waals surface area contributed by atoms with Crippen molar-refractivity contribution in [2.45, 2.75) is 38.8 Å². The van der Waals surface area contributed by atoms with Crippen molar-refractivity contribution >= 4 is 11.8 Å². The topological polar surface area (TPSA) is 70.2 Å². The minimum absolute atomic E-state index is 0.0454. The van der Waals surface area contributed by atoms with Crippen molar-refractivity contribution in [3.8, 4) is 0 Å². The molecule has 0 aliphatic carbocycles. The summed E-state index contributed by atoms with van der Waals surface area (Å²) in [6.45, 7) is 5.30. The Morgan fingerprint density at radius 2 is 2.00 bits per heavy atom. The molecule has 2 rings (SSSR count). The van der Waals surface area contributed by atoms with Gasteiger partial charge in [-0.2, -0.15) is 0 Å². The third-order valence-corrected chi connectivity index (χ3v) is 4.03. The fourth-order valence-electron chi connectivity index (χ4n) is 2.63. The van der Waals surface area contributed by atoms with Crippen molar-refractivity contribution < 1.29 is 14.0 Å². The molecule has 0 saturated carbocycles. The maximum Gasteiger partial charge on any atom is 0.251 e. The number of carbonyl (C=O) groups excluding carboxylic acids is 2. The zero-order chi connectivity index (χ0) is 16.8. The normalized spacial score (nSPS) is 18.7. The predicted molar refractivity (Wildman–Crippen MR) is 86.5 cm³/mol. The summed E-state index contributed by atoms with van der Waals surface area (Å²) in [5, 5.41) is 8.94. The zero-order valence-corrected chi connectivity index (χ0v) is 13.6. The minimum Gasteiger partial charge on any atom is -0.353 e. The molecular formula is C17H24FN3O2. The molecule has 6 heteroatoms. The second-order valence-electron chi connectivity index (χ2n) is 6.24. The van der Waals surface area contributed by atoms with Crippen LogP contribution in [-0.2, 0) is 4.79 Å². The van der Waals surface area contributed by atoms with Crippen LogP contribution in [0.25, 0.3) is 0 Å². The third kappa shape index (κ3) is 5.03. The Labute approximate surface area is 136 Å². The molecule has 0 radical (unpaired) electrons. The van der Waals surface area contributed by atoms with Crippen LogP contribution in [0, 0.1) is 11.7 Å². The van der Waals surface area contributed by atoms with Crippen molar-refractivity contribution in [1.82, 2.24) is 16.0 Å². The fourth-order valence-corrected chi connectivity index (χ4v) is 2.63. The van der Waals surface area contributed by atoms with Gasteiger partial charge >= 0.3 is 0 Å². The lowest BCUT2D eigenvalue weighted by Gasteiger charge is -2.23. The van der Waals surface area contributed by atoms with Crippen LogP contribution in [0.5, 0.6) is 0 Å². The Morgan fingerprint density at radius 3 is 2.57 bits per heavy atom. The van der Waals surface area contributed by atoms with Gasteiger partial charge in [0.15, 0.2) is 0 Å². The first kappa shape index (κ1) is 17.4. The summed E-state index contributed by atoms with van der Waals surface area (Å²) >= 11 is 0. The molecule has 1 fully saturated rings. The maximum atomic E-state index is 12.9. The van der Waals surface area contributed by atoms with Gasteiger partial charge in [0, 0.05) is 18.2 Å². The second-order valence-corrected chi connectivity index (χ2v) is 6.24. The van der Waals surface area contributed by atoms with Crippen LogP contribution in [-0.4, -0.2) is 37.0 Å². The van der Waals surface area contributed by atoms with E-state index in [1.165, 1.54) is 24.3 Å². The molecule has 23 heavy (non-hydrogen) atoms. The van der Waals surface area contributed by atoms with E-state index in [-0.39, 0.29) is 17.7 Å². The van der Waals surface area contributed by atoms with E-state index in [1.807, 2.05) is 13.8 Å². The molecule has 1 aliphatic heterocycles. The van der Waals surface area contributed by atoms with E-state index in [4.69, 9.17) is 0 Å². The van der Waals surface area contributed by atoms with Gasteiger partial charge in [-0.25, -0.2) is 4.39 Å². The Morgan fingerprint density at radius 1 is 1.30 bits per heavy atom. The number of nitrogens with one attached hydrogen (secondary N) is 3. The number of hydrogen-bond acceptors (Lipinski definition) is 3. The molecule has 1 saturated heterocycles. The zero-order valence-electron chi connectivity index (χ0n) is 13.6. The Kier molecular flexibility index (Phi) is 6.10. The quantitative estimate of drug-likeness (QED) is 0.743. The molecule has 1 heterocycles. The highest BCUT2D eigenvalue weighted by molar-refractivity contribution is 5.97. The summed E-state index contributed by atoms with van der Waals surface area (Å²) in [6, 6.07) is 4.95. The average molecular weight is 321 g/mol. The van der Waals surface area contributed by atoms with Crippen molar-refractivity contribution in [2.24, 2.45) is 5.92 Å². The smallest absolute Gasteiger partial charge is 0.251 e. The molecule has 0 spiro atoms. The number of amides is 2. The molecule has 2 unspecified atom stereocenters. The van der Waals surface area contributed by atoms with Crippen LogP contribution in [0.15, 0.2) is 24.3 Å². The highest BCUT2D eigenvalue weighted by Gasteiger charge is 2.25. The van der Waals surface area contributed by atoms with Crippen molar-refractivity contribution in [1.29, 1.82) is 0 Å². The number of benzene rings is 1. The van der Waals surface area contributed by atoms with Crippen molar-refractivity contribution in [2.75, 3.05) is 13.1 Å². The van der Waals surface area contributed by atoms with Gasteiger partial charge in [0.2, 0.25) is 5.91 Å². The van der Waals surface area contributed by atoms with Gasteiger partial charge in [0.05, 0.1) is 0 Å². The third-order valence-electron chi connectivity index (χ3n) is 4.03. The number of rotatable bonds is 6. The molecule has 5 nitrogen and oxygen atoms in total. The Hall–Kier alpha value is -1.95. The van der Waals surface area contributed by atoms with Gasteiger partial charge in [-0.3, -0.25) is 9.59 Å². The Bertz CT molecular complexity index is 539. The first-order chi connectivity index (χ1) is 11.0. The number of halogens is 1. The van der Waals surface area contributed by atoms with E-state index in [0.29, 0.717) is 18.2 Å². The van der Waals surface area contributed by atoms with Crippen LogP contribution in [0.2, 0.25) is 0 Å². The fraction of sp³-hybridized carbons (Fsp3) is 0.529. The lowest BCUT2D eigenvalue weighted by molar-refractivity contribution is -0.124. The van der Waals surface area contributed by atoms with E-state index in [1.54, 1.807) is 0 Å². The minimum atomic E-state index is -0.617. The molecule has 2 atom stereocenters. The van der Waals surface area contributed by atoms with Gasteiger partial charge in [-0.05, 0) is 49.6 Å². The van der Waals surface area contributed by atoms with Gasteiger partial charge < -0.3 is 16.0 Å². The van der Waals surface area contributed by atoms with Crippen LogP contribution in [0.3, 0.4) is 0 Å². The number of hydrogen-bond donors (Lipinski definition) is 3. The largest absolute Gasteiger partial charge is 0.353 e. The first-order valence-electron chi connectivity index (χ1n) is 8.05. The predicted octanol–water partition coefficient (Wildman–Crippen LogP) is 1.45. The van der Waals surface area contributed by atoms with Crippen molar-refractivity contribution in [3.05, 3.63) is 35.6 Å². The van der Waals surface area contributed by atoms with Gasteiger partial charge in [-0.1, -0.05) is 13.8 Å². The molecule has 1 aromatic carbocycles. The monoisotopic (exact) mass is 321 g/mol. The van der Waals surface area contributed by atoms with E-state index in [9.17, 15) is 14.0 Å². The summed E-state index contributed by atoms with van der Waals surface area (Å²) in [6.07, 6.45) is 2.17. The van der Waals surface area contributed by atoms with Gasteiger partial charge in [0.1, 0.15) is 11.9 Å². The van der Waals surface area contributed by atoms with Crippen LogP contribution in [0.1, 0.15) is 37.0 Å². The highest BCUT2D eigenvalue weighted by Crippen LogP contribution is 2.08. The summed E-state index contributed by atoms with van der Waals surface area (Å²) < 4.78 is 12.9. The molecular weight excluding hydrogens is 297 g/mol. The van der Waals surface area contributed by atoms with Gasteiger partial charge in [-0.15, -0.1) is 0 Å². The lowest BCUT2D eigenvalue weighted by atomic mass is 10.0. The molecule has 2 amide bonds. The molecule has 1 aromatic rings. The lowest BCUT2D eigenvalue weighted by Crippen LogP contribution is -2.51. The van der Waals surface area contributed by atoms with Crippen LogP contribution in [0.4, 0.5) is 4.39 Å². The maximum absolute atomic E-state index is 12.9. The summed E-state index contributed by atoms with van der Waals surface area (Å²) in [5.41, 5.74) is 0.335. The summed E-state index contributed by atoms with van der Waals surface area (Å²) in [7, 11) is 0. The second kappa shape index (κ2) is 8.06. The molecule has 126 valence electrons. The molecule has 0 aromatic heterocycles.